The van der Waals surface area contributed by atoms with E-state index in [1.165, 1.54) is 12.5 Å². The van der Waals surface area contributed by atoms with Gasteiger partial charge in [-0.25, -0.2) is 0 Å². The number of nitrogens with zero attached hydrogens (tertiary/aromatic N) is 1. The molecule has 0 bridgehead atoms. The van der Waals surface area contributed by atoms with Gasteiger partial charge >= 0.3 is 0 Å². The summed E-state index contributed by atoms with van der Waals surface area (Å²) in [6, 6.07) is 4.89. The molecule has 3 N–H and O–H groups in total. The van der Waals surface area contributed by atoms with Gasteiger partial charge in [0.05, 0.1) is 17.6 Å². The van der Waals surface area contributed by atoms with Crippen molar-refractivity contribution in [2.24, 2.45) is 17.7 Å². The maximum absolute atomic E-state index is 11.0. The molecule has 0 amide bonds. The normalized spacial score (nSPS) is 25.6. The maximum Gasteiger partial charge on any atom is 0.294 e. The van der Waals surface area contributed by atoms with Crippen molar-refractivity contribution in [3.63, 3.8) is 0 Å². The predicted octanol–water partition coefficient (Wildman–Crippen LogP) is 3.22. The fourth-order valence-electron chi connectivity index (χ4n) is 2.88. The minimum atomic E-state index is -0.441. The fourth-order valence-corrected chi connectivity index (χ4v) is 2.88. The molecule has 3 atom stereocenters. The van der Waals surface area contributed by atoms with Gasteiger partial charge in [-0.3, -0.25) is 16.0 Å². The van der Waals surface area contributed by atoms with E-state index in [4.69, 9.17) is 10.6 Å². The van der Waals surface area contributed by atoms with Crippen LogP contribution in [0.15, 0.2) is 18.2 Å². The van der Waals surface area contributed by atoms with Crippen molar-refractivity contribution in [1.29, 1.82) is 0 Å². The Balaban J connectivity index is 2.03. The Kier molecular flexibility index (Phi) is 5.14. The minimum Gasteiger partial charge on any atom is -0.373 e. The highest BCUT2D eigenvalue weighted by Gasteiger charge is 2.25. The molecule has 1 fully saturated rings. The van der Waals surface area contributed by atoms with Crippen LogP contribution in [0.3, 0.4) is 0 Å². The molecule has 21 heavy (non-hydrogen) atoms. The largest absolute Gasteiger partial charge is 0.373 e. The van der Waals surface area contributed by atoms with Crippen LogP contribution >= 0.6 is 0 Å². The second kappa shape index (κ2) is 6.87. The number of hydrazine groups is 1. The van der Waals surface area contributed by atoms with E-state index >= 15 is 0 Å². The van der Waals surface area contributed by atoms with Gasteiger partial charge in [-0.15, -0.1) is 0 Å². The van der Waals surface area contributed by atoms with E-state index in [0.29, 0.717) is 18.2 Å². The van der Waals surface area contributed by atoms with Crippen LogP contribution in [0.2, 0.25) is 0 Å². The van der Waals surface area contributed by atoms with Crippen LogP contribution in [0.5, 0.6) is 0 Å². The predicted molar refractivity (Wildman–Crippen MR) is 81.7 cm³/mol. The lowest BCUT2D eigenvalue weighted by molar-refractivity contribution is -0.384. The van der Waals surface area contributed by atoms with Gasteiger partial charge in [0.2, 0.25) is 0 Å². The second-order valence-corrected chi connectivity index (χ2v) is 5.91. The molecule has 3 unspecified atom stereocenters. The Morgan fingerprint density at radius 3 is 2.76 bits per heavy atom. The van der Waals surface area contributed by atoms with Crippen LogP contribution in [-0.4, -0.2) is 11.0 Å². The average Bonchev–Trinajstić information content (AvgIpc) is 2.47. The molecule has 116 valence electrons. The number of nitrogen functional groups attached to an aromatic ring is 1. The first-order valence-electron chi connectivity index (χ1n) is 7.37. The third kappa shape index (κ3) is 3.71. The van der Waals surface area contributed by atoms with E-state index in [-0.39, 0.29) is 11.8 Å². The Hall–Kier alpha value is -1.66. The van der Waals surface area contributed by atoms with Crippen molar-refractivity contribution in [2.45, 2.75) is 45.8 Å². The molecule has 0 heterocycles. The minimum absolute atomic E-state index is 0.0239. The van der Waals surface area contributed by atoms with Gasteiger partial charge < -0.3 is 10.2 Å². The van der Waals surface area contributed by atoms with Crippen LogP contribution in [-0.2, 0) is 11.3 Å². The molecule has 0 aliphatic heterocycles. The highest BCUT2D eigenvalue weighted by molar-refractivity contribution is 5.65. The first-order chi connectivity index (χ1) is 10.0. The molecule has 0 aromatic heterocycles. The first-order valence-corrected chi connectivity index (χ1v) is 7.37. The highest BCUT2D eigenvalue weighted by Crippen LogP contribution is 2.33. The molecule has 0 saturated heterocycles. The van der Waals surface area contributed by atoms with Gasteiger partial charge in [-0.05, 0) is 31.1 Å². The molecular weight excluding hydrogens is 270 g/mol. The number of rotatable bonds is 5. The molecule has 1 aliphatic carbocycles. The Morgan fingerprint density at radius 2 is 2.14 bits per heavy atom. The van der Waals surface area contributed by atoms with E-state index in [1.807, 2.05) is 0 Å². The van der Waals surface area contributed by atoms with Crippen molar-refractivity contribution in [3.8, 4) is 0 Å². The number of nitro benzene ring substituents is 1. The molecule has 1 aliphatic rings. The maximum atomic E-state index is 11.0. The summed E-state index contributed by atoms with van der Waals surface area (Å²) in [7, 11) is 0. The number of hydrogen-bond donors (Lipinski definition) is 2. The lowest BCUT2D eigenvalue weighted by Crippen LogP contribution is -2.26. The highest BCUT2D eigenvalue weighted by atomic mass is 16.6. The van der Waals surface area contributed by atoms with Gasteiger partial charge in [-0.1, -0.05) is 26.0 Å². The summed E-state index contributed by atoms with van der Waals surface area (Å²) in [5.41, 5.74) is 3.46. The molecule has 0 spiro atoms. The number of nitro groups is 1. The number of anilines is 1. The molecule has 0 radical (unpaired) electrons. The van der Waals surface area contributed by atoms with E-state index in [1.54, 1.807) is 12.1 Å². The lowest BCUT2D eigenvalue weighted by Gasteiger charge is -2.32. The molecule has 1 saturated carbocycles. The Labute approximate surface area is 124 Å². The quantitative estimate of drug-likeness (QED) is 0.494. The average molecular weight is 293 g/mol. The van der Waals surface area contributed by atoms with Crippen LogP contribution in [0.4, 0.5) is 11.4 Å². The summed E-state index contributed by atoms with van der Waals surface area (Å²) < 4.78 is 5.95. The zero-order valence-corrected chi connectivity index (χ0v) is 12.5. The van der Waals surface area contributed by atoms with Gasteiger partial charge in [0.25, 0.3) is 5.69 Å². The summed E-state index contributed by atoms with van der Waals surface area (Å²) in [4.78, 5) is 10.5. The molecule has 1 aromatic rings. The number of nitrogens with two attached hydrogens (primary N) is 1. The number of benzene rings is 1. The summed E-state index contributed by atoms with van der Waals surface area (Å²) in [6.45, 7) is 4.87. The van der Waals surface area contributed by atoms with Gasteiger partial charge in [0.15, 0.2) is 0 Å². The Morgan fingerprint density at radius 1 is 1.38 bits per heavy atom. The summed E-state index contributed by atoms with van der Waals surface area (Å²) in [6.07, 6.45) is 3.48. The molecule has 1 aromatic carbocycles. The molecular formula is C15H23N3O3. The number of hydrogen-bond acceptors (Lipinski definition) is 5. The van der Waals surface area contributed by atoms with Crippen LogP contribution in [0.25, 0.3) is 0 Å². The standard InChI is InChI=1S/C15H23N3O3/c1-10-6-7-13(8-11(10)2)21-9-12-4-3-5-14(18(19)20)15(12)17-16/h3-5,10-11,13,17H,6-9,16H2,1-2H3. The topological polar surface area (TPSA) is 90.4 Å². The van der Waals surface area contributed by atoms with Crippen molar-refractivity contribution < 1.29 is 9.66 Å². The third-order valence-corrected chi connectivity index (χ3v) is 4.49. The van der Waals surface area contributed by atoms with Crippen molar-refractivity contribution in [1.82, 2.24) is 0 Å². The van der Waals surface area contributed by atoms with Crippen LogP contribution < -0.4 is 11.3 Å². The molecule has 6 nitrogen and oxygen atoms in total. The summed E-state index contributed by atoms with van der Waals surface area (Å²) >= 11 is 0. The zero-order valence-electron chi connectivity index (χ0n) is 12.5. The third-order valence-electron chi connectivity index (χ3n) is 4.49. The smallest absolute Gasteiger partial charge is 0.294 e. The SMILES string of the molecule is CC1CCC(OCc2cccc([N+](=O)[O-])c2NN)CC1C. The van der Waals surface area contributed by atoms with Gasteiger partial charge in [-0.2, -0.15) is 0 Å². The van der Waals surface area contributed by atoms with Crippen molar-refractivity contribution in [2.75, 3.05) is 5.43 Å². The van der Waals surface area contributed by atoms with Crippen LogP contribution in [0, 0.1) is 22.0 Å². The van der Waals surface area contributed by atoms with Gasteiger partial charge in [0, 0.05) is 11.6 Å². The fraction of sp³-hybridized carbons (Fsp3) is 0.600. The number of para-hydroxylation sites is 1. The summed E-state index contributed by atoms with van der Waals surface area (Å²) in [5.74, 6) is 6.82. The van der Waals surface area contributed by atoms with Crippen molar-refractivity contribution in [3.05, 3.63) is 33.9 Å². The summed E-state index contributed by atoms with van der Waals surface area (Å²) in [5, 5.41) is 11.0. The molecule has 2 rings (SSSR count). The van der Waals surface area contributed by atoms with Crippen molar-refractivity contribution >= 4 is 11.4 Å². The monoisotopic (exact) mass is 293 g/mol. The lowest BCUT2D eigenvalue weighted by atomic mass is 9.80. The molecule has 6 heteroatoms. The van der Waals surface area contributed by atoms with E-state index < -0.39 is 4.92 Å². The van der Waals surface area contributed by atoms with Crippen LogP contribution in [0.1, 0.15) is 38.7 Å². The van der Waals surface area contributed by atoms with Gasteiger partial charge in [0.1, 0.15) is 5.69 Å². The Bertz CT molecular complexity index is 507. The zero-order chi connectivity index (χ0) is 15.4. The van der Waals surface area contributed by atoms with E-state index in [0.717, 1.165) is 24.3 Å². The number of nitrogens with one attached hydrogen (secondary N) is 1. The second-order valence-electron chi connectivity index (χ2n) is 5.91. The first kappa shape index (κ1) is 15.7. The van der Waals surface area contributed by atoms with E-state index in [9.17, 15) is 10.1 Å². The van der Waals surface area contributed by atoms with E-state index in [2.05, 4.69) is 19.3 Å². The number of ether oxygens (including phenoxy) is 1.